The number of nitrogens with one attached hydrogen (secondary N) is 1. The molecule has 0 heterocycles. The Labute approximate surface area is 197 Å². The summed E-state index contributed by atoms with van der Waals surface area (Å²) in [4.78, 5) is 27.1. The summed E-state index contributed by atoms with van der Waals surface area (Å²) in [5, 5.41) is 2.50. The second kappa shape index (κ2) is 10.9. The first-order chi connectivity index (χ1) is 15.8. The maximum atomic E-state index is 13.4. The number of hydrogen-bond donors (Lipinski definition) is 1. The van der Waals surface area contributed by atoms with Crippen LogP contribution in [0.1, 0.15) is 30.0 Å². The fourth-order valence-corrected chi connectivity index (χ4v) is 4.27. The molecule has 1 atom stereocenters. The van der Waals surface area contributed by atoms with Crippen molar-refractivity contribution >= 4 is 27.5 Å². The molecule has 0 bridgehead atoms. The lowest BCUT2D eigenvalue weighted by Gasteiger charge is -2.32. The van der Waals surface area contributed by atoms with Crippen molar-refractivity contribution in [3.05, 3.63) is 65.2 Å². The lowest BCUT2D eigenvalue weighted by Crippen LogP contribution is -2.51. The Morgan fingerprint density at radius 3 is 2.21 bits per heavy atom. The summed E-state index contributed by atoms with van der Waals surface area (Å²) >= 11 is 0. The van der Waals surface area contributed by atoms with Gasteiger partial charge in [0.1, 0.15) is 12.6 Å². The Morgan fingerprint density at radius 2 is 1.71 bits per heavy atom. The smallest absolute Gasteiger partial charge is 0.357 e. The fraction of sp³-hybridized carbons (Fsp3) is 0.391. The third-order valence-corrected chi connectivity index (χ3v) is 6.39. The maximum absolute atomic E-state index is 13.4. The summed E-state index contributed by atoms with van der Waals surface area (Å²) in [5.41, 5.74) is 0.368. The van der Waals surface area contributed by atoms with Gasteiger partial charge in [-0.1, -0.05) is 42.8 Å². The number of anilines is 1. The Hall–Kier alpha value is -3.08. The van der Waals surface area contributed by atoms with Crippen molar-refractivity contribution in [2.75, 3.05) is 24.2 Å². The molecule has 7 nitrogen and oxygen atoms in total. The van der Waals surface area contributed by atoms with E-state index in [0.29, 0.717) is 15.9 Å². The SMILES string of the molecule is CCC(C(=O)NC)N(Cc1ccc(C)cc1)C(=O)CN(c1cccc(C(F)(F)F)c1)S(C)(=O)=O. The lowest BCUT2D eigenvalue weighted by molar-refractivity contribution is -0.140. The van der Waals surface area contributed by atoms with Gasteiger partial charge in [-0.05, 0) is 37.1 Å². The summed E-state index contributed by atoms with van der Waals surface area (Å²) < 4.78 is 65.1. The number of amides is 2. The van der Waals surface area contributed by atoms with Crippen LogP contribution in [0, 0.1) is 6.92 Å². The van der Waals surface area contributed by atoms with E-state index in [4.69, 9.17) is 0 Å². The predicted molar refractivity (Wildman–Crippen MR) is 124 cm³/mol. The van der Waals surface area contributed by atoms with E-state index < -0.39 is 46.2 Å². The quantitative estimate of drug-likeness (QED) is 0.574. The van der Waals surface area contributed by atoms with Crippen LogP contribution < -0.4 is 9.62 Å². The molecule has 0 saturated heterocycles. The van der Waals surface area contributed by atoms with Gasteiger partial charge < -0.3 is 10.2 Å². The van der Waals surface area contributed by atoms with Crippen molar-refractivity contribution in [3.63, 3.8) is 0 Å². The van der Waals surface area contributed by atoms with Gasteiger partial charge in [-0.15, -0.1) is 0 Å². The molecule has 11 heteroatoms. The second-order valence-electron chi connectivity index (χ2n) is 7.86. The number of benzene rings is 2. The molecule has 0 aliphatic carbocycles. The number of carbonyl (C=O) groups is 2. The monoisotopic (exact) mass is 499 g/mol. The molecular formula is C23H28F3N3O4S. The van der Waals surface area contributed by atoms with Crippen LogP contribution in [-0.4, -0.2) is 51.0 Å². The van der Waals surface area contributed by atoms with Crippen LogP contribution in [0.2, 0.25) is 0 Å². The molecule has 1 unspecified atom stereocenters. The minimum absolute atomic E-state index is 0.0191. The van der Waals surface area contributed by atoms with Crippen molar-refractivity contribution in [1.82, 2.24) is 10.2 Å². The molecule has 0 radical (unpaired) electrons. The average Bonchev–Trinajstić information content (AvgIpc) is 2.77. The topological polar surface area (TPSA) is 86.8 Å². The number of aryl methyl sites for hydroxylation is 1. The van der Waals surface area contributed by atoms with E-state index in [9.17, 15) is 31.2 Å². The Kier molecular flexibility index (Phi) is 8.71. The molecule has 2 aromatic carbocycles. The zero-order valence-corrected chi connectivity index (χ0v) is 20.2. The van der Waals surface area contributed by atoms with E-state index in [0.717, 1.165) is 24.0 Å². The summed E-state index contributed by atoms with van der Waals surface area (Å²) in [7, 11) is -2.71. The lowest BCUT2D eigenvalue weighted by atomic mass is 10.1. The standard InChI is InChI=1S/C23H28F3N3O4S/c1-5-20(22(31)27-3)28(14-17-11-9-16(2)10-12-17)21(30)15-29(34(4,32)33)19-8-6-7-18(13-19)23(24,25)26/h6-13,20H,5,14-15H2,1-4H3,(H,27,31). The molecule has 2 rings (SSSR count). The second-order valence-corrected chi connectivity index (χ2v) is 9.77. The minimum Gasteiger partial charge on any atom is -0.357 e. The number of halogens is 3. The van der Waals surface area contributed by atoms with E-state index in [1.165, 1.54) is 18.0 Å². The third-order valence-electron chi connectivity index (χ3n) is 5.25. The number of carbonyl (C=O) groups excluding carboxylic acids is 2. The summed E-state index contributed by atoms with van der Waals surface area (Å²) in [6.45, 7) is 2.85. The van der Waals surface area contributed by atoms with Gasteiger partial charge in [0.2, 0.25) is 21.8 Å². The highest BCUT2D eigenvalue weighted by Crippen LogP contribution is 2.32. The van der Waals surface area contributed by atoms with Gasteiger partial charge in [0.15, 0.2) is 0 Å². The first kappa shape index (κ1) is 27.2. The Morgan fingerprint density at radius 1 is 1.09 bits per heavy atom. The molecule has 0 spiro atoms. The fourth-order valence-electron chi connectivity index (χ4n) is 3.43. The molecule has 34 heavy (non-hydrogen) atoms. The van der Waals surface area contributed by atoms with Gasteiger partial charge >= 0.3 is 6.18 Å². The van der Waals surface area contributed by atoms with Crippen LogP contribution in [0.15, 0.2) is 48.5 Å². The number of hydrogen-bond acceptors (Lipinski definition) is 4. The van der Waals surface area contributed by atoms with Gasteiger partial charge in [-0.25, -0.2) is 8.42 Å². The minimum atomic E-state index is -4.69. The van der Waals surface area contributed by atoms with Crippen LogP contribution in [0.3, 0.4) is 0 Å². The van der Waals surface area contributed by atoms with Crippen LogP contribution in [0.4, 0.5) is 18.9 Å². The number of sulfonamides is 1. The van der Waals surface area contributed by atoms with Crippen molar-refractivity contribution in [2.24, 2.45) is 0 Å². The summed E-state index contributed by atoms with van der Waals surface area (Å²) in [6.07, 6.45) is -3.63. The first-order valence-corrected chi connectivity index (χ1v) is 12.3. The maximum Gasteiger partial charge on any atom is 0.416 e. The molecule has 186 valence electrons. The van der Waals surface area contributed by atoms with Gasteiger partial charge in [-0.2, -0.15) is 13.2 Å². The first-order valence-electron chi connectivity index (χ1n) is 10.5. The van der Waals surface area contributed by atoms with Gasteiger partial charge in [0.25, 0.3) is 0 Å². The van der Waals surface area contributed by atoms with E-state index in [2.05, 4.69) is 5.32 Å². The predicted octanol–water partition coefficient (Wildman–Crippen LogP) is 3.33. The molecule has 0 aromatic heterocycles. The molecule has 1 N–H and O–H groups in total. The van der Waals surface area contributed by atoms with Crippen LogP contribution in [-0.2, 0) is 32.3 Å². The van der Waals surface area contributed by atoms with Gasteiger partial charge in [0, 0.05) is 13.6 Å². The highest BCUT2D eigenvalue weighted by Gasteiger charge is 2.34. The van der Waals surface area contributed by atoms with E-state index in [1.54, 1.807) is 19.1 Å². The van der Waals surface area contributed by atoms with E-state index in [-0.39, 0.29) is 18.7 Å². The number of alkyl halides is 3. The zero-order valence-electron chi connectivity index (χ0n) is 19.4. The summed E-state index contributed by atoms with van der Waals surface area (Å²) in [6, 6.07) is 10.1. The highest BCUT2D eigenvalue weighted by atomic mass is 32.2. The normalized spacial score (nSPS) is 12.7. The van der Waals surface area contributed by atoms with Crippen molar-refractivity contribution in [2.45, 2.75) is 39.0 Å². The largest absolute Gasteiger partial charge is 0.416 e. The molecule has 2 aromatic rings. The third kappa shape index (κ3) is 6.96. The van der Waals surface area contributed by atoms with Crippen LogP contribution in [0.25, 0.3) is 0 Å². The molecule has 0 saturated carbocycles. The van der Waals surface area contributed by atoms with Crippen molar-refractivity contribution in [1.29, 1.82) is 0 Å². The van der Waals surface area contributed by atoms with Crippen LogP contribution >= 0.6 is 0 Å². The average molecular weight is 500 g/mol. The van der Waals surface area contributed by atoms with Crippen LogP contribution in [0.5, 0.6) is 0 Å². The van der Waals surface area contributed by atoms with Crippen molar-refractivity contribution in [3.8, 4) is 0 Å². The molecule has 0 aliphatic heterocycles. The molecule has 0 fully saturated rings. The van der Waals surface area contributed by atoms with Crippen molar-refractivity contribution < 1.29 is 31.2 Å². The van der Waals surface area contributed by atoms with Gasteiger partial charge in [0.05, 0.1) is 17.5 Å². The Bertz CT molecular complexity index is 1120. The molecular weight excluding hydrogens is 471 g/mol. The van der Waals surface area contributed by atoms with Gasteiger partial charge in [-0.3, -0.25) is 13.9 Å². The molecule has 2 amide bonds. The summed E-state index contributed by atoms with van der Waals surface area (Å²) in [5.74, 6) is -1.16. The zero-order chi connectivity index (χ0) is 25.7. The van der Waals surface area contributed by atoms with E-state index in [1.807, 2.05) is 19.1 Å². The highest BCUT2D eigenvalue weighted by molar-refractivity contribution is 7.92. The Balaban J connectivity index is 2.46. The molecule has 0 aliphatic rings. The number of nitrogens with zero attached hydrogens (tertiary/aromatic N) is 2. The number of likely N-dealkylation sites (N-methyl/N-ethyl adjacent to an activating group) is 1. The number of rotatable bonds is 9. The van der Waals surface area contributed by atoms with E-state index >= 15 is 0 Å².